The summed E-state index contributed by atoms with van der Waals surface area (Å²) in [5.74, 6) is -1.58. The van der Waals surface area contributed by atoms with Crippen LogP contribution < -0.4 is 10.1 Å². The minimum Gasteiger partial charge on any atom is -0.480 e. The number of alkyl halides is 2. The molecule has 0 unspecified atom stereocenters. The van der Waals surface area contributed by atoms with Crippen LogP contribution in [0.25, 0.3) is 0 Å². The van der Waals surface area contributed by atoms with Crippen LogP contribution in [0.4, 0.5) is 14.5 Å². The molecule has 8 nitrogen and oxygen atoms in total. The Morgan fingerprint density at radius 3 is 2.56 bits per heavy atom. The van der Waals surface area contributed by atoms with Crippen molar-refractivity contribution >= 4 is 17.6 Å². The van der Waals surface area contributed by atoms with E-state index in [0.717, 1.165) is 11.1 Å². The normalized spacial score (nSPS) is 15.3. The van der Waals surface area contributed by atoms with E-state index in [1.165, 1.54) is 6.07 Å². The molecule has 0 spiro atoms. The van der Waals surface area contributed by atoms with Crippen molar-refractivity contribution in [2.75, 3.05) is 38.2 Å². The molecular weight excluding hydrogens is 448 g/mol. The number of hydrogen-bond donors (Lipinski definition) is 2. The minimum atomic E-state index is -3.08. The fourth-order valence-corrected chi connectivity index (χ4v) is 4.15. The highest BCUT2D eigenvalue weighted by Gasteiger charge is 2.51. The van der Waals surface area contributed by atoms with E-state index in [1.54, 1.807) is 13.0 Å². The summed E-state index contributed by atoms with van der Waals surface area (Å²) < 4.78 is 35.5. The molecule has 0 bridgehead atoms. The quantitative estimate of drug-likeness (QED) is 0.479. The number of carbonyl (C=O) groups excluding carboxylic acids is 1. The van der Waals surface area contributed by atoms with E-state index in [4.69, 9.17) is 9.84 Å². The molecule has 1 aromatic heterocycles. The lowest BCUT2D eigenvalue weighted by Gasteiger charge is -2.50. The SMILES string of the molecule is Cc1ccc(NC(=O)C2(c3ccccc3C(C)C)CN(CCOCC(=O)O)C2)c(OC(F)F)n1. The lowest BCUT2D eigenvalue weighted by atomic mass is 9.69. The van der Waals surface area contributed by atoms with E-state index in [0.29, 0.717) is 25.3 Å². The summed E-state index contributed by atoms with van der Waals surface area (Å²) in [6, 6.07) is 10.8. The first kappa shape index (κ1) is 25.5. The fourth-order valence-electron chi connectivity index (χ4n) is 4.15. The lowest BCUT2D eigenvalue weighted by Crippen LogP contribution is -2.65. The first-order valence-electron chi connectivity index (χ1n) is 11.0. The van der Waals surface area contributed by atoms with Crippen LogP contribution in [0, 0.1) is 6.92 Å². The maximum absolute atomic E-state index is 13.7. The van der Waals surface area contributed by atoms with Gasteiger partial charge in [-0.25, -0.2) is 9.78 Å². The molecule has 0 atom stereocenters. The number of nitrogens with zero attached hydrogens (tertiary/aromatic N) is 2. The minimum absolute atomic E-state index is 0.0699. The van der Waals surface area contributed by atoms with Gasteiger partial charge >= 0.3 is 12.6 Å². The van der Waals surface area contributed by atoms with Gasteiger partial charge in [0.2, 0.25) is 11.8 Å². The van der Waals surface area contributed by atoms with Gasteiger partial charge < -0.3 is 19.9 Å². The first-order chi connectivity index (χ1) is 16.1. The number of nitrogens with one attached hydrogen (secondary N) is 1. The number of anilines is 1. The predicted molar refractivity (Wildman–Crippen MR) is 121 cm³/mol. The number of hydrogen-bond acceptors (Lipinski definition) is 6. The molecule has 10 heteroatoms. The largest absolute Gasteiger partial charge is 0.480 e. The lowest BCUT2D eigenvalue weighted by molar-refractivity contribution is -0.142. The van der Waals surface area contributed by atoms with Crippen LogP contribution in [-0.2, 0) is 19.7 Å². The molecule has 1 saturated heterocycles. The Balaban J connectivity index is 1.86. The molecule has 3 rings (SSSR count). The molecule has 1 aliphatic rings. The number of aryl methyl sites for hydroxylation is 1. The van der Waals surface area contributed by atoms with E-state index in [9.17, 15) is 18.4 Å². The Labute approximate surface area is 196 Å². The molecule has 1 aromatic carbocycles. The summed E-state index contributed by atoms with van der Waals surface area (Å²) in [5, 5.41) is 11.5. The predicted octanol–water partition coefficient (Wildman–Crippen LogP) is 3.41. The highest BCUT2D eigenvalue weighted by atomic mass is 19.3. The van der Waals surface area contributed by atoms with Gasteiger partial charge in [-0.3, -0.25) is 9.69 Å². The zero-order valence-corrected chi connectivity index (χ0v) is 19.4. The molecule has 0 saturated carbocycles. The van der Waals surface area contributed by atoms with Gasteiger partial charge in [0.15, 0.2) is 0 Å². The Bertz CT molecular complexity index is 1030. The van der Waals surface area contributed by atoms with Crippen LogP contribution in [-0.4, -0.2) is 66.3 Å². The van der Waals surface area contributed by atoms with Gasteiger partial charge in [0, 0.05) is 25.3 Å². The number of carbonyl (C=O) groups is 2. The number of halogens is 2. The van der Waals surface area contributed by atoms with E-state index < -0.39 is 18.0 Å². The highest BCUT2D eigenvalue weighted by molar-refractivity contribution is 6.01. The van der Waals surface area contributed by atoms with Crippen LogP contribution in [0.5, 0.6) is 5.88 Å². The number of rotatable bonds is 11. The molecule has 184 valence electrons. The van der Waals surface area contributed by atoms with Crippen molar-refractivity contribution in [3.63, 3.8) is 0 Å². The summed E-state index contributed by atoms with van der Waals surface area (Å²) in [6.45, 7) is 3.65. The van der Waals surface area contributed by atoms with Gasteiger partial charge in [-0.2, -0.15) is 8.78 Å². The zero-order valence-electron chi connectivity index (χ0n) is 19.4. The second kappa shape index (κ2) is 10.9. The number of carboxylic acids is 1. The van der Waals surface area contributed by atoms with Crippen LogP contribution in [0.15, 0.2) is 36.4 Å². The van der Waals surface area contributed by atoms with E-state index in [-0.39, 0.29) is 36.6 Å². The van der Waals surface area contributed by atoms with E-state index in [1.807, 2.05) is 43.0 Å². The third kappa shape index (κ3) is 5.87. The fraction of sp³-hybridized carbons (Fsp3) is 0.458. The third-order valence-corrected chi connectivity index (χ3v) is 5.75. The molecule has 2 heterocycles. The van der Waals surface area contributed by atoms with Crippen molar-refractivity contribution in [2.45, 2.75) is 38.7 Å². The number of likely N-dealkylation sites (tertiary alicyclic amines) is 1. The summed E-state index contributed by atoms with van der Waals surface area (Å²) in [5.41, 5.74) is 1.50. The number of amides is 1. The highest BCUT2D eigenvalue weighted by Crippen LogP contribution is 2.40. The molecule has 1 amide bonds. The first-order valence-corrected chi connectivity index (χ1v) is 11.0. The second-order valence-electron chi connectivity index (χ2n) is 8.62. The van der Waals surface area contributed by atoms with Crippen molar-refractivity contribution in [1.29, 1.82) is 0 Å². The monoisotopic (exact) mass is 477 g/mol. The molecule has 34 heavy (non-hydrogen) atoms. The average molecular weight is 478 g/mol. The van der Waals surface area contributed by atoms with Gasteiger partial charge in [-0.15, -0.1) is 0 Å². The van der Waals surface area contributed by atoms with Gasteiger partial charge in [0.05, 0.1) is 12.0 Å². The Morgan fingerprint density at radius 2 is 1.91 bits per heavy atom. The standard InChI is InChI=1S/C24H29F2N3O5/c1-15(2)17-6-4-5-7-18(17)24(13-29(14-24)10-11-33-12-20(30)31)22(32)28-19-9-8-16(3)27-21(19)34-23(25)26/h4-9,15,23H,10-14H2,1-3H3,(H,28,32)(H,30,31). The summed E-state index contributed by atoms with van der Waals surface area (Å²) in [6.07, 6.45) is 0. The van der Waals surface area contributed by atoms with E-state index in [2.05, 4.69) is 15.0 Å². The van der Waals surface area contributed by atoms with Crippen molar-refractivity contribution in [3.8, 4) is 5.88 Å². The summed E-state index contributed by atoms with van der Waals surface area (Å²) in [7, 11) is 0. The average Bonchev–Trinajstić information content (AvgIpc) is 2.73. The smallest absolute Gasteiger partial charge is 0.388 e. The Morgan fingerprint density at radius 1 is 1.21 bits per heavy atom. The van der Waals surface area contributed by atoms with Gasteiger partial charge in [-0.05, 0) is 36.1 Å². The van der Waals surface area contributed by atoms with Crippen LogP contribution in [0.2, 0.25) is 0 Å². The van der Waals surface area contributed by atoms with Crippen molar-refractivity contribution in [2.24, 2.45) is 0 Å². The number of aromatic nitrogens is 1. The summed E-state index contributed by atoms with van der Waals surface area (Å²) in [4.78, 5) is 30.3. The zero-order chi connectivity index (χ0) is 24.9. The maximum atomic E-state index is 13.7. The number of carboxylic acid groups (broad SMARTS) is 1. The molecule has 1 fully saturated rings. The number of aliphatic carboxylic acids is 1. The van der Waals surface area contributed by atoms with E-state index >= 15 is 0 Å². The van der Waals surface area contributed by atoms with Gasteiger partial charge in [0.1, 0.15) is 12.3 Å². The Kier molecular flexibility index (Phi) is 8.16. The molecule has 1 aliphatic heterocycles. The van der Waals surface area contributed by atoms with Gasteiger partial charge in [-0.1, -0.05) is 38.1 Å². The van der Waals surface area contributed by atoms with Crippen LogP contribution >= 0.6 is 0 Å². The molecule has 2 aromatic rings. The number of ether oxygens (including phenoxy) is 2. The number of benzene rings is 1. The van der Waals surface area contributed by atoms with Crippen molar-refractivity contribution in [1.82, 2.24) is 9.88 Å². The number of pyridine rings is 1. The third-order valence-electron chi connectivity index (χ3n) is 5.75. The maximum Gasteiger partial charge on any atom is 0.388 e. The summed E-state index contributed by atoms with van der Waals surface area (Å²) >= 11 is 0. The second-order valence-corrected chi connectivity index (χ2v) is 8.62. The van der Waals surface area contributed by atoms with Crippen LogP contribution in [0.3, 0.4) is 0 Å². The van der Waals surface area contributed by atoms with Gasteiger partial charge in [0.25, 0.3) is 0 Å². The Hall–Kier alpha value is -3.11. The topological polar surface area (TPSA) is 101 Å². The van der Waals surface area contributed by atoms with Crippen LogP contribution in [0.1, 0.15) is 36.6 Å². The van der Waals surface area contributed by atoms with Crippen molar-refractivity contribution in [3.05, 3.63) is 53.2 Å². The van der Waals surface area contributed by atoms with Crippen molar-refractivity contribution < 1.29 is 33.0 Å². The molecular formula is C24H29F2N3O5. The molecule has 0 aliphatic carbocycles. The molecule has 0 radical (unpaired) electrons. The molecule has 2 N–H and O–H groups in total.